The van der Waals surface area contributed by atoms with E-state index in [-0.39, 0.29) is 11.3 Å². The predicted octanol–water partition coefficient (Wildman–Crippen LogP) is 4.69. The minimum Gasteiger partial charge on any atom is -0.478 e. The highest BCUT2D eigenvalue weighted by Gasteiger charge is 2.36. The van der Waals surface area contributed by atoms with Gasteiger partial charge >= 0.3 is 5.97 Å². The summed E-state index contributed by atoms with van der Waals surface area (Å²) in [4.78, 5) is 16.4. The molecule has 1 N–H and O–H groups in total. The zero-order chi connectivity index (χ0) is 22.7. The van der Waals surface area contributed by atoms with Crippen molar-refractivity contribution in [3.63, 3.8) is 0 Å². The normalized spacial score (nSPS) is 16.8. The number of benzene rings is 2. The Hall–Kier alpha value is -2.74. The third-order valence-electron chi connectivity index (χ3n) is 5.61. The lowest BCUT2D eigenvalue weighted by Gasteiger charge is -2.24. The maximum atomic E-state index is 13.2. The molecule has 1 saturated heterocycles. The van der Waals surface area contributed by atoms with Crippen molar-refractivity contribution in [2.45, 2.75) is 31.1 Å². The van der Waals surface area contributed by atoms with Crippen molar-refractivity contribution in [3.05, 3.63) is 99.8 Å². The van der Waals surface area contributed by atoms with Gasteiger partial charge in [-0.3, -0.25) is 4.98 Å². The molecule has 6 nitrogen and oxygen atoms in total. The van der Waals surface area contributed by atoms with E-state index in [4.69, 9.17) is 11.6 Å². The number of carboxylic acids is 1. The lowest BCUT2D eigenvalue weighted by atomic mass is 10.0. The molecule has 2 heterocycles. The topological polar surface area (TPSA) is 87.6 Å². The molecule has 4 rings (SSSR count). The Morgan fingerprint density at radius 1 is 1.03 bits per heavy atom. The Bertz CT molecular complexity index is 1210. The number of pyridine rings is 1. The summed E-state index contributed by atoms with van der Waals surface area (Å²) in [6.45, 7) is 0.425. The Labute approximate surface area is 192 Å². The van der Waals surface area contributed by atoms with Crippen molar-refractivity contribution in [3.8, 4) is 0 Å². The molecule has 2 aromatic carbocycles. The van der Waals surface area contributed by atoms with E-state index in [0.717, 1.165) is 17.5 Å². The van der Waals surface area contributed by atoms with Crippen LogP contribution in [-0.4, -0.2) is 35.3 Å². The Balaban J connectivity index is 1.64. The second-order valence-corrected chi connectivity index (χ2v) is 10.2. The fraction of sp³-hybridized carbons (Fsp3) is 0.250. The van der Waals surface area contributed by atoms with Crippen molar-refractivity contribution in [2.75, 3.05) is 6.54 Å². The summed E-state index contributed by atoms with van der Waals surface area (Å²) in [5.74, 6) is -1.14. The Kier molecular flexibility index (Phi) is 6.60. The van der Waals surface area contributed by atoms with Crippen LogP contribution in [0.15, 0.2) is 66.7 Å². The number of carbonyl (C=O) groups is 1. The minimum absolute atomic E-state index is 0.0742. The van der Waals surface area contributed by atoms with Crippen LogP contribution in [0.4, 0.5) is 0 Å². The summed E-state index contributed by atoms with van der Waals surface area (Å²) in [7, 11) is -3.55. The van der Waals surface area contributed by atoms with Crippen molar-refractivity contribution in [2.24, 2.45) is 0 Å². The van der Waals surface area contributed by atoms with Gasteiger partial charge in [0.2, 0.25) is 10.0 Å². The number of rotatable bonds is 7. The average Bonchev–Trinajstić information content (AvgIpc) is 3.27. The summed E-state index contributed by atoms with van der Waals surface area (Å²) in [5, 5.41) is 10.2. The van der Waals surface area contributed by atoms with E-state index < -0.39 is 22.0 Å². The highest BCUT2D eigenvalue weighted by atomic mass is 35.5. The molecule has 0 amide bonds. The number of sulfonamides is 1. The highest BCUT2D eigenvalue weighted by molar-refractivity contribution is 7.88. The number of halogens is 1. The standard InChI is InChI=1S/C24H23ClN2O4S/c25-19-10-8-17(9-11-19)15-22-20(24(28)29)12-13-21(26-22)23-7-4-14-27(23)32(30,31)16-18-5-2-1-3-6-18/h1-3,5-6,8-13,23H,4,7,14-16H2,(H,28,29)/t23-/m1/s1. The van der Waals surface area contributed by atoms with E-state index in [0.29, 0.717) is 35.8 Å². The van der Waals surface area contributed by atoms with Crippen molar-refractivity contribution < 1.29 is 18.3 Å². The van der Waals surface area contributed by atoms with Crippen LogP contribution in [-0.2, 0) is 22.2 Å². The molecule has 1 fully saturated rings. The van der Waals surface area contributed by atoms with Crippen LogP contribution in [0.5, 0.6) is 0 Å². The van der Waals surface area contributed by atoms with Crippen LogP contribution in [0.1, 0.15) is 51.8 Å². The van der Waals surface area contributed by atoms with E-state index in [1.807, 2.05) is 30.3 Å². The van der Waals surface area contributed by atoms with Crippen molar-refractivity contribution in [1.82, 2.24) is 9.29 Å². The van der Waals surface area contributed by atoms with E-state index in [1.54, 1.807) is 30.3 Å². The minimum atomic E-state index is -3.55. The van der Waals surface area contributed by atoms with Gasteiger partial charge in [-0.25, -0.2) is 13.2 Å². The summed E-state index contributed by atoms with van der Waals surface area (Å²) in [6, 6.07) is 19.0. The first-order valence-corrected chi connectivity index (χ1v) is 12.3. The van der Waals surface area contributed by atoms with E-state index in [9.17, 15) is 18.3 Å². The first-order valence-electron chi connectivity index (χ1n) is 10.3. The van der Waals surface area contributed by atoms with Gasteiger partial charge in [0.1, 0.15) is 0 Å². The van der Waals surface area contributed by atoms with E-state index >= 15 is 0 Å². The Morgan fingerprint density at radius 3 is 2.44 bits per heavy atom. The van der Waals surface area contributed by atoms with E-state index in [2.05, 4.69) is 4.98 Å². The largest absolute Gasteiger partial charge is 0.478 e. The van der Waals surface area contributed by atoms with Gasteiger partial charge in [-0.2, -0.15) is 4.31 Å². The molecule has 0 unspecified atom stereocenters. The smallest absolute Gasteiger partial charge is 0.337 e. The SMILES string of the molecule is O=C(O)c1ccc([C@H]2CCCN2S(=O)(=O)Cc2ccccc2)nc1Cc1ccc(Cl)cc1. The molecule has 1 aliphatic heterocycles. The van der Waals surface area contributed by atoms with Gasteiger partial charge in [-0.15, -0.1) is 0 Å². The van der Waals surface area contributed by atoms with Gasteiger partial charge in [0, 0.05) is 18.0 Å². The van der Waals surface area contributed by atoms with Crippen LogP contribution in [0.2, 0.25) is 5.02 Å². The summed E-state index contributed by atoms with van der Waals surface area (Å²) in [6.07, 6.45) is 1.69. The fourth-order valence-corrected chi connectivity index (χ4v) is 5.98. The lowest BCUT2D eigenvalue weighted by Crippen LogP contribution is -2.32. The molecule has 3 aromatic rings. The van der Waals surface area contributed by atoms with Crippen LogP contribution in [0.3, 0.4) is 0 Å². The zero-order valence-electron chi connectivity index (χ0n) is 17.3. The second-order valence-electron chi connectivity index (χ2n) is 7.85. The highest BCUT2D eigenvalue weighted by Crippen LogP contribution is 2.35. The third-order valence-corrected chi connectivity index (χ3v) is 7.71. The summed E-state index contributed by atoms with van der Waals surface area (Å²) >= 11 is 5.95. The maximum absolute atomic E-state index is 13.2. The fourth-order valence-electron chi connectivity index (χ4n) is 4.07. The first kappa shape index (κ1) is 22.5. The molecule has 8 heteroatoms. The van der Waals surface area contributed by atoms with Gasteiger partial charge in [-0.1, -0.05) is 54.1 Å². The predicted molar refractivity (Wildman–Crippen MR) is 123 cm³/mol. The zero-order valence-corrected chi connectivity index (χ0v) is 18.9. The van der Waals surface area contributed by atoms with Gasteiger partial charge in [0.25, 0.3) is 0 Å². The number of hydrogen-bond acceptors (Lipinski definition) is 4. The lowest BCUT2D eigenvalue weighted by molar-refractivity contribution is 0.0695. The van der Waals surface area contributed by atoms with Crippen LogP contribution < -0.4 is 0 Å². The molecule has 0 spiro atoms. The molecule has 166 valence electrons. The number of carboxylic acid groups (broad SMARTS) is 1. The summed E-state index contributed by atoms with van der Waals surface area (Å²) < 4.78 is 27.8. The van der Waals surface area contributed by atoms with Crippen molar-refractivity contribution in [1.29, 1.82) is 0 Å². The van der Waals surface area contributed by atoms with E-state index in [1.165, 1.54) is 10.4 Å². The monoisotopic (exact) mass is 470 g/mol. The maximum Gasteiger partial charge on any atom is 0.337 e. The van der Waals surface area contributed by atoms with Crippen molar-refractivity contribution >= 4 is 27.6 Å². The molecule has 0 radical (unpaired) electrons. The second kappa shape index (κ2) is 9.40. The average molecular weight is 471 g/mol. The molecule has 1 aliphatic rings. The quantitative estimate of drug-likeness (QED) is 0.541. The molecular formula is C24H23ClN2O4S. The number of aromatic carboxylic acids is 1. The van der Waals surface area contributed by atoms with Crippen LogP contribution in [0.25, 0.3) is 0 Å². The van der Waals surface area contributed by atoms with Gasteiger partial charge in [0.05, 0.1) is 28.7 Å². The molecule has 0 aliphatic carbocycles. The van der Waals surface area contributed by atoms with Crippen LogP contribution >= 0.6 is 11.6 Å². The summed E-state index contributed by atoms with van der Waals surface area (Å²) in [5.41, 5.74) is 2.70. The van der Waals surface area contributed by atoms with Gasteiger partial charge in [0.15, 0.2) is 0 Å². The molecular weight excluding hydrogens is 448 g/mol. The third kappa shape index (κ3) is 5.01. The van der Waals surface area contributed by atoms with Gasteiger partial charge in [-0.05, 0) is 48.2 Å². The molecule has 1 atom stereocenters. The Morgan fingerprint density at radius 2 is 1.75 bits per heavy atom. The molecule has 0 saturated carbocycles. The number of nitrogens with zero attached hydrogens (tertiary/aromatic N) is 2. The first-order chi connectivity index (χ1) is 15.3. The molecule has 32 heavy (non-hydrogen) atoms. The number of aromatic nitrogens is 1. The molecule has 0 bridgehead atoms. The molecule has 1 aromatic heterocycles. The number of hydrogen-bond donors (Lipinski definition) is 1. The van der Waals surface area contributed by atoms with Crippen LogP contribution in [0, 0.1) is 0 Å². The van der Waals surface area contributed by atoms with Gasteiger partial charge < -0.3 is 5.11 Å².